The summed E-state index contributed by atoms with van der Waals surface area (Å²) in [6.45, 7) is 4.68. The van der Waals surface area contributed by atoms with Crippen LogP contribution in [0.25, 0.3) is 0 Å². The summed E-state index contributed by atoms with van der Waals surface area (Å²) in [6, 6.07) is 4.02. The standard InChI is InChI=1S/C15H23FN2O2/c1-10(2)6-11(9-17)7-15(19)18-13-5-4-12(16)8-14(13)20-3/h4-5,8,10-11H,6-7,9,17H2,1-3H3,(H,18,19)/t11-/m0/s1. The summed E-state index contributed by atoms with van der Waals surface area (Å²) in [5, 5.41) is 2.74. The van der Waals surface area contributed by atoms with Crippen molar-refractivity contribution in [2.75, 3.05) is 19.0 Å². The third-order valence-corrected chi connectivity index (χ3v) is 3.05. The lowest BCUT2D eigenvalue weighted by Crippen LogP contribution is -2.23. The first kappa shape index (κ1) is 16.4. The zero-order valence-electron chi connectivity index (χ0n) is 12.3. The maximum Gasteiger partial charge on any atom is 0.224 e. The van der Waals surface area contributed by atoms with E-state index in [1.807, 2.05) is 0 Å². The van der Waals surface area contributed by atoms with Crippen LogP contribution in [0.5, 0.6) is 5.75 Å². The van der Waals surface area contributed by atoms with Gasteiger partial charge < -0.3 is 15.8 Å². The molecule has 0 saturated heterocycles. The van der Waals surface area contributed by atoms with Crippen LogP contribution in [0, 0.1) is 17.7 Å². The van der Waals surface area contributed by atoms with Crippen LogP contribution in [0.2, 0.25) is 0 Å². The maximum absolute atomic E-state index is 13.1. The van der Waals surface area contributed by atoms with E-state index < -0.39 is 5.82 Å². The van der Waals surface area contributed by atoms with Crippen molar-refractivity contribution in [2.45, 2.75) is 26.7 Å². The molecule has 5 heteroatoms. The molecule has 1 aromatic rings. The molecule has 0 heterocycles. The van der Waals surface area contributed by atoms with Gasteiger partial charge in [-0.2, -0.15) is 0 Å². The highest BCUT2D eigenvalue weighted by atomic mass is 19.1. The molecule has 0 saturated carbocycles. The molecule has 1 aromatic carbocycles. The van der Waals surface area contributed by atoms with E-state index in [0.717, 1.165) is 6.42 Å². The van der Waals surface area contributed by atoms with E-state index in [-0.39, 0.29) is 11.8 Å². The minimum Gasteiger partial charge on any atom is -0.494 e. The van der Waals surface area contributed by atoms with Gasteiger partial charge in [0.05, 0.1) is 12.8 Å². The SMILES string of the molecule is COc1cc(F)ccc1NC(=O)C[C@@H](CN)CC(C)C. The van der Waals surface area contributed by atoms with Crippen molar-refractivity contribution in [3.63, 3.8) is 0 Å². The number of ether oxygens (including phenoxy) is 1. The number of anilines is 1. The normalized spacial score (nSPS) is 12.3. The topological polar surface area (TPSA) is 64.3 Å². The monoisotopic (exact) mass is 282 g/mol. The average Bonchev–Trinajstić information content (AvgIpc) is 2.39. The zero-order valence-corrected chi connectivity index (χ0v) is 12.3. The third-order valence-electron chi connectivity index (χ3n) is 3.05. The minimum absolute atomic E-state index is 0.133. The number of hydrogen-bond donors (Lipinski definition) is 2. The molecule has 20 heavy (non-hydrogen) atoms. The Morgan fingerprint density at radius 3 is 2.70 bits per heavy atom. The molecule has 0 radical (unpaired) electrons. The Balaban J connectivity index is 2.66. The van der Waals surface area contributed by atoms with Crippen molar-refractivity contribution in [3.05, 3.63) is 24.0 Å². The smallest absolute Gasteiger partial charge is 0.224 e. The van der Waals surface area contributed by atoms with E-state index in [1.54, 1.807) is 0 Å². The Kier molecular flexibility index (Phi) is 6.45. The van der Waals surface area contributed by atoms with E-state index in [2.05, 4.69) is 19.2 Å². The van der Waals surface area contributed by atoms with Gasteiger partial charge in [-0.3, -0.25) is 4.79 Å². The predicted molar refractivity (Wildman–Crippen MR) is 78.2 cm³/mol. The summed E-state index contributed by atoms with van der Waals surface area (Å²) < 4.78 is 18.1. The Hall–Kier alpha value is -1.62. The Morgan fingerprint density at radius 2 is 2.15 bits per heavy atom. The van der Waals surface area contributed by atoms with Crippen molar-refractivity contribution in [1.29, 1.82) is 0 Å². The van der Waals surface area contributed by atoms with Crippen molar-refractivity contribution in [1.82, 2.24) is 0 Å². The number of benzene rings is 1. The fourth-order valence-corrected chi connectivity index (χ4v) is 2.16. The van der Waals surface area contributed by atoms with Gasteiger partial charge in [-0.05, 0) is 36.9 Å². The van der Waals surface area contributed by atoms with Gasteiger partial charge in [-0.15, -0.1) is 0 Å². The Labute approximate surface area is 119 Å². The van der Waals surface area contributed by atoms with Crippen molar-refractivity contribution < 1.29 is 13.9 Å². The first-order valence-electron chi connectivity index (χ1n) is 6.79. The van der Waals surface area contributed by atoms with Crippen LogP contribution in [0.15, 0.2) is 18.2 Å². The lowest BCUT2D eigenvalue weighted by Gasteiger charge is -2.17. The second-order valence-electron chi connectivity index (χ2n) is 5.33. The van der Waals surface area contributed by atoms with Gasteiger partial charge in [-0.1, -0.05) is 13.8 Å². The number of hydrogen-bond acceptors (Lipinski definition) is 3. The summed E-state index contributed by atoms with van der Waals surface area (Å²) >= 11 is 0. The number of halogens is 1. The molecule has 0 aliphatic rings. The molecular formula is C15H23FN2O2. The van der Waals surface area contributed by atoms with Crippen molar-refractivity contribution in [3.8, 4) is 5.75 Å². The van der Waals surface area contributed by atoms with E-state index >= 15 is 0 Å². The van der Waals surface area contributed by atoms with Crippen molar-refractivity contribution >= 4 is 11.6 Å². The molecule has 1 rings (SSSR count). The van der Waals surface area contributed by atoms with E-state index in [0.29, 0.717) is 30.3 Å². The fourth-order valence-electron chi connectivity index (χ4n) is 2.16. The molecule has 3 N–H and O–H groups in total. The second-order valence-corrected chi connectivity index (χ2v) is 5.33. The van der Waals surface area contributed by atoms with Gasteiger partial charge in [0.1, 0.15) is 11.6 Å². The van der Waals surface area contributed by atoms with Gasteiger partial charge in [0.15, 0.2) is 0 Å². The Morgan fingerprint density at radius 1 is 1.45 bits per heavy atom. The van der Waals surface area contributed by atoms with E-state index in [4.69, 9.17) is 10.5 Å². The number of amides is 1. The zero-order chi connectivity index (χ0) is 15.1. The number of rotatable bonds is 7. The molecule has 0 spiro atoms. The van der Waals surface area contributed by atoms with Crippen LogP contribution in [0.4, 0.5) is 10.1 Å². The molecule has 1 amide bonds. The van der Waals surface area contributed by atoms with Gasteiger partial charge >= 0.3 is 0 Å². The Bertz CT molecular complexity index is 449. The number of nitrogens with one attached hydrogen (secondary N) is 1. The van der Waals surface area contributed by atoms with Gasteiger partial charge in [0.2, 0.25) is 5.91 Å². The fraction of sp³-hybridized carbons (Fsp3) is 0.533. The highest BCUT2D eigenvalue weighted by Gasteiger charge is 2.15. The molecule has 112 valence electrons. The lowest BCUT2D eigenvalue weighted by molar-refractivity contribution is -0.117. The third kappa shape index (κ3) is 5.17. The summed E-state index contributed by atoms with van der Waals surface area (Å²) in [7, 11) is 1.44. The highest BCUT2D eigenvalue weighted by molar-refractivity contribution is 5.92. The molecular weight excluding hydrogens is 259 g/mol. The average molecular weight is 282 g/mol. The quantitative estimate of drug-likeness (QED) is 0.808. The molecule has 0 aliphatic carbocycles. The van der Waals surface area contributed by atoms with Crippen LogP contribution < -0.4 is 15.8 Å². The van der Waals surface area contributed by atoms with Crippen LogP contribution in [0.3, 0.4) is 0 Å². The molecule has 0 aromatic heterocycles. The lowest BCUT2D eigenvalue weighted by atomic mass is 9.94. The first-order valence-corrected chi connectivity index (χ1v) is 6.79. The first-order chi connectivity index (χ1) is 9.46. The number of nitrogens with two attached hydrogens (primary N) is 1. The van der Waals surface area contributed by atoms with Crippen molar-refractivity contribution in [2.24, 2.45) is 17.6 Å². The van der Waals surface area contributed by atoms with Gasteiger partial charge in [-0.25, -0.2) is 4.39 Å². The van der Waals surface area contributed by atoms with Crippen LogP contribution in [-0.4, -0.2) is 19.6 Å². The van der Waals surface area contributed by atoms with Crippen LogP contribution >= 0.6 is 0 Å². The van der Waals surface area contributed by atoms with Crippen LogP contribution in [-0.2, 0) is 4.79 Å². The number of carbonyl (C=O) groups excluding carboxylic acids is 1. The molecule has 1 atom stereocenters. The summed E-state index contributed by atoms with van der Waals surface area (Å²) in [4.78, 5) is 12.0. The summed E-state index contributed by atoms with van der Waals surface area (Å²) in [5.74, 6) is 0.426. The maximum atomic E-state index is 13.1. The summed E-state index contributed by atoms with van der Waals surface area (Å²) in [6.07, 6.45) is 1.26. The predicted octanol–water partition coefficient (Wildman–Crippen LogP) is 2.78. The molecule has 0 unspecified atom stereocenters. The second kappa shape index (κ2) is 7.85. The van der Waals surface area contributed by atoms with Gasteiger partial charge in [0, 0.05) is 12.5 Å². The molecule has 0 aliphatic heterocycles. The molecule has 0 fully saturated rings. The summed E-state index contributed by atoms with van der Waals surface area (Å²) in [5.41, 5.74) is 6.16. The largest absolute Gasteiger partial charge is 0.494 e. The molecule has 4 nitrogen and oxygen atoms in total. The van der Waals surface area contributed by atoms with E-state index in [9.17, 15) is 9.18 Å². The van der Waals surface area contributed by atoms with Gasteiger partial charge in [0.25, 0.3) is 0 Å². The highest BCUT2D eigenvalue weighted by Crippen LogP contribution is 2.25. The number of carbonyl (C=O) groups is 1. The van der Waals surface area contributed by atoms with Crippen LogP contribution in [0.1, 0.15) is 26.7 Å². The molecule has 0 bridgehead atoms. The van der Waals surface area contributed by atoms with E-state index in [1.165, 1.54) is 25.3 Å². The number of methoxy groups -OCH3 is 1. The minimum atomic E-state index is -0.403.